The van der Waals surface area contributed by atoms with Crippen LogP contribution in [0.2, 0.25) is 0 Å². The van der Waals surface area contributed by atoms with Gasteiger partial charge in [0.05, 0.1) is 25.6 Å². The summed E-state index contributed by atoms with van der Waals surface area (Å²) in [6, 6.07) is 27.5. The van der Waals surface area contributed by atoms with Gasteiger partial charge in [-0.3, -0.25) is 14.6 Å². The molecule has 4 aromatic rings. The number of aliphatic hydroxyl groups excluding tert-OH is 1. The van der Waals surface area contributed by atoms with Crippen LogP contribution in [0.1, 0.15) is 35.4 Å². The number of benzene rings is 3. The molecule has 1 fully saturated rings. The Balaban J connectivity index is 1.06. The summed E-state index contributed by atoms with van der Waals surface area (Å²) < 4.78 is 12.3. The summed E-state index contributed by atoms with van der Waals surface area (Å²) in [4.78, 5) is 29.5. The zero-order chi connectivity index (χ0) is 28.9. The van der Waals surface area contributed by atoms with Crippen LogP contribution in [0.4, 0.5) is 5.69 Å². The van der Waals surface area contributed by atoms with Crippen LogP contribution in [0.5, 0.6) is 5.75 Å². The molecule has 0 saturated carbocycles. The Morgan fingerprint density at radius 3 is 2.40 bits per heavy atom. The van der Waals surface area contributed by atoms with Crippen molar-refractivity contribution in [2.24, 2.45) is 0 Å². The fourth-order valence-corrected chi connectivity index (χ4v) is 5.78. The van der Waals surface area contributed by atoms with Gasteiger partial charge in [0.1, 0.15) is 18.0 Å². The summed E-state index contributed by atoms with van der Waals surface area (Å²) >= 11 is 0. The predicted octanol–water partition coefficient (Wildman–Crippen LogP) is 4.63. The van der Waals surface area contributed by atoms with E-state index in [1.165, 1.54) is 0 Å². The van der Waals surface area contributed by atoms with Crippen LogP contribution in [0, 0.1) is 0 Å². The molecule has 0 unspecified atom stereocenters. The first-order valence-corrected chi connectivity index (χ1v) is 14.2. The minimum absolute atomic E-state index is 0.0636. The number of pyridine rings is 1. The second-order valence-corrected chi connectivity index (χ2v) is 10.8. The Morgan fingerprint density at radius 2 is 1.64 bits per heavy atom. The van der Waals surface area contributed by atoms with Crippen molar-refractivity contribution in [1.82, 2.24) is 10.3 Å². The van der Waals surface area contributed by atoms with Crippen LogP contribution in [0.25, 0.3) is 11.1 Å². The van der Waals surface area contributed by atoms with Gasteiger partial charge in [-0.05, 0) is 59.0 Å². The number of hydrogen-bond donors (Lipinski definition) is 3. The summed E-state index contributed by atoms with van der Waals surface area (Å²) in [5.74, 6) is 0.411. The zero-order valence-corrected chi connectivity index (χ0v) is 23.1. The Morgan fingerprint density at radius 1 is 0.881 bits per heavy atom. The number of aliphatic hydroxyl groups is 1. The molecule has 2 amide bonds. The van der Waals surface area contributed by atoms with Gasteiger partial charge in [-0.15, -0.1) is 0 Å². The molecular formula is C34H33N3O5. The quantitative estimate of drug-likeness (QED) is 0.274. The lowest BCUT2D eigenvalue weighted by atomic mass is 9.84. The summed E-state index contributed by atoms with van der Waals surface area (Å²) in [5, 5.41) is 16.0. The Labute approximate surface area is 244 Å². The van der Waals surface area contributed by atoms with E-state index in [1.807, 2.05) is 60.7 Å². The first-order chi connectivity index (χ1) is 20.6. The fourth-order valence-electron chi connectivity index (χ4n) is 5.78. The number of carbonyl (C=O) groups is 2. The lowest BCUT2D eigenvalue weighted by molar-refractivity contribution is -0.142. The molecule has 0 bridgehead atoms. The van der Waals surface area contributed by atoms with Crippen LogP contribution in [0.3, 0.4) is 0 Å². The van der Waals surface area contributed by atoms with Gasteiger partial charge in [0.25, 0.3) is 0 Å². The maximum atomic E-state index is 12.9. The highest BCUT2D eigenvalue weighted by molar-refractivity contribution is 5.92. The number of nitrogens with one attached hydrogen (secondary N) is 2. The number of carbonyl (C=O) groups excluding carboxylic acids is 2. The molecule has 0 radical (unpaired) electrons. The van der Waals surface area contributed by atoms with E-state index >= 15 is 0 Å². The van der Waals surface area contributed by atoms with E-state index in [4.69, 9.17) is 9.47 Å². The molecule has 1 saturated heterocycles. The van der Waals surface area contributed by atoms with Gasteiger partial charge in [0.2, 0.25) is 11.8 Å². The highest BCUT2D eigenvalue weighted by Gasteiger charge is 2.46. The number of ether oxygens (including phenoxy) is 2. The van der Waals surface area contributed by atoms with Gasteiger partial charge in [0, 0.05) is 36.1 Å². The molecule has 3 aromatic carbocycles. The summed E-state index contributed by atoms with van der Waals surface area (Å²) in [7, 11) is 0. The molecule has 8 heteroatoms. The average Bonchev–Trinajstić information content (AvgIpc) is 3.38. The molecule has 3 N–H and O–H groups in total. The third-order valence-electron chi connectivity index (χ3n) is 7.86. The normalized spacial score (nSPS) is 20.6. The van der Waals surface area contributed by atoms with Crippen molar-refractivity contribution in [3.05, 3.63) is 114 Å². The van der Waals surface area contributed by atoms with E-state index in [9.17, 15) is 14.7 Å². The van der Waals surface area contributed by atoms with Crippen molar-refractivity contribution < 1.29 is 24.2 Å². The third kappa shape index (κ3) is 6.35. The first-order valence-electron chi connectivity index (χ1n) is 14.2. The largest absolute Gasteiger partial charge is 0.487 e. The number of nitrogens with zero attached hydrogens (tertiary/aromatic N) is 1. The highest BCUT2D eigenvalue weighted by atomic mass is 16.6. The van der Waals surface area contributed by atoms with Crippen molar-refractivity contribution in [2.75, 3.05) is 11.9 Å². The van der Waals surface area contributed by atoms with Crippen LogP contribution in [-0.4, -0.2) is 46.8 Å². The Hall–Kier alpha value is -4.53. The minimum Gasteiger partial charge on any atom is -0.487 e. The van der Waals surface area contributed by atoms with Crippen molar-refractivity contribution in [2.45, 2.75) is 50.0 Å². The number of aromatic nitrogens is 1. The van der Waals surface area contributed by atoms with Gasteiger partial charge in [-0.1, -0.05) is 54.6 Å². The van der Waals surface area contributed by atoms with Crippen molar-refractivity contribution in [3.8, 4) is 16.9 Å². The van der Waals surface area contributed by atoms with E-state index in [0.717, 1.165) is 27.8 Å². The molecule has 4 atom stereocenters. The van der Waals surface area contributed by atoms with E-state index in [2.05, 4.69) is 39.9 Å². The first kappa shape index (κ1) is 27.6. The lowest BCUT2D eigenvalue weighted by Crippen LogP contribution is -2.47. The summed E-state index contributed by atoms with van der Waals surface area (Å²) in [6.07, 6.45) is 3.05. The van der Waals surface area contributed by atoms with Gasteiger partial charge in [-0.2, -0.15) is 0 Å². The molecule has 0 aliphatic carbocycles. The number of rotatable bonds is 9. The standard InChI is InChI=1S/C34H33N3O5/c38-21-31-34-29(28-17-26(10-11-30(28)42-34)37-33(40)16-22-12-14-35-15-13-22)18-27(41-31)19-32(39)36-20-23-6-8-25(9-7-23)24-4-2-1-3-5-24/h1-15,17,27,29,31,34,38H,16,18-21H2,(H,36,39)(H,37,40)/t27-,29+,31-,34-/m1/s1. The van der Waals surface area contributed by atoms with Crippen LogP contribution in [-0.2, 0) is 27.3 Å². The van der Waals surface area contributed by atoms with Crippen molar-refractivity contribution in [1.29, 1.82) is 0 Å². The molecule has 2 aliphatic heterocycles. The highest BCUT2D eigenvalue weighted by Crippen LogP contribution is 2.47. The number of anilines is 1. The van der Waals surface area contributed by atoms with E-state index in [-0.39, 0.29) is 49.4 Å². The number of fused-ring (bicyclic) bond motifs is 3. The maximum absolute atomic E-state index is 12.9. The maximum Gasteiger partial charge on any atom is 0.228 e. The van der Waals surface area contributed by atoms with E-state index < -0.39 is 6.10 Å². The SMILES string of the molecule is O=C(C[C@H]1C[C@H]2c3cc(NC(=O)Cc4ccncc4)ccc3O[C@H]2[C@@H](CO)O1)NCc1ccc(-c2ccccc2)cc1. The van der Waals surface area contributed by atoms with Gasteiger partial charge in [0.15, 0.2) is 0 Å². The predicted molar refractivity (Wildman–Crippen MR) is 159 cm³/mol. The monoisotopic (exact) mass is 563 g/mol. The van der Waals surface area contributed by atoms with E-state index in [1.54, 1.807) is 12.4 Å². The van der Waals surface area contributed by atoms with Gasteiger partial charge in [-0.25, -0.2) is 0 Å². The molecule has 6 rings (SSSR count). The van der Waals surface area contributed by atoms with Gasteiger partial charge < -0.3 is 25.2 Å². The topological polar surface area (TPSA) is 110 Å². The second-order valence-electron chi connectivity index (χ2n) is 10.8. The summed E-state index contributed by atoms with van der Waals surface area (Å²) in [6.45, 7) is 0.209. The lowest BCUT2D eigenvalue weighted by Gasteiger charge is -2.37. The number of amides is 2. The smallest absolute Gasteiger partial charge is 0.228 e. The molecule has 3 heterocycles. The Bertz CT molecular complexity index is 1530. The minimum atomic E-state index is -0.552. The average molecular weight is 564 g/mol. The van der Waals surface area contributed by atoms with Crippen LogP contribution < -0.4 is 15.4 Å². The Kier molecular flexibility index (Phi) is 8.26. The fraction of sp³-hybridized carbons (Fsp3) is 0.265. The second kappa shape index (κ2) is 12.5. The zero-order valence-electron chi connectivity index (χ0n) is 23.1. The summed E-state index contributed by atoms with van der Waals surface area (Å²) in [5.41, 5.74) is 5.80. The molecule has 42 heavy (non-hydrogen) atoms. The molecule has 0 spiro atoms. The molecule has 8 nitrogen and oxygen atoms in total. The van der Waals surface area contributed by atoms with Crippen molar-refractivity contribution >= 4 is 17.5 Å². The van der Waals surface area contributed by atoms with Crippen molar-refractivity contribution in [3.63, 3.8) is 0 Å². The molecule has 1 aromatic heterocycles. The van der Waals surface area contributed by atoms with Crippen LogP contribution in [0.15, 0.2) is 97.3 Å². The molecule has 214 valence electrons. The van der Waals surface area contributed by atoms with Crippen LogP contribution >= 0.6 is 0 Å². The van der Waals surface area contributed by atoms with E-state index in [0.29, 0.717) is 24.4 Å². The van der Waals surface area contributed by atoms with Gasteiger partial charge >= 0.3 is 0 Å². The molecular weight excluding hydrogens is 530 g/mol. The molecule has 2 aliphatic rings. The third-order valence-corrected chi connectivity index (χ3v) is 7.86. The number of hydrogen-bond acceptors (Lipinski definition) is 6.